The Hall–Kier alpha value is -3.45. The summed E-state index contributed by atoms with van der Waals surface area (Å²) in [5, 5.41) is 11.7. The van der Waals surface area contributed by atoms with Gasteiger partial charge in [-0.2, -0.15) is 5.10 Å². The molecule has 2 aromatic heterocycles. The van der Waals surface area contributed by atoms with E-state index in [9.17, 15) is 4.79 Å². The predicted molar refractivity (Wildman–Crippen MR) is 122 cm³/mol. The quantitative estimate of drug-likeness (QED) is 0.430. The highest BCUT2D eigenvalue weighted by Crippen LogP contribution is 2.31. The lowest BCUT2D eigenvalue weighted by molar-refractivity contribution is -0.115. The molecule has 1 amide bonds. The van der Waals surface area contributed by atoms with E-state index >= 15 is 0 Å². The van der Waals surface area contributed by atoms with Crippen molar-refractivity contribution in [3.05, 3.63) is 59.1 Å². The highest BCUT2D eigenvalue weighted by Gasteiger charge is 2.14. The van der Waals surface area contributed by atoms with Crippen LogP contribution in [0.25, 0.3) is 22.3 Å². The van der Waals surface area contributed by atoms with Crippen molar-refractivity contribution in [3.63, 3.8) is 0 Å². The van der Waals surface area contributed by atoms with Crippen LogP contribution in [0.2, 0.25) is 5.02 Å². The summed E-state index contributed by atoms with van der Waals surface area (Å²) in [7, 11) is 3.21. The number of nitrogens with one attached hydrogen (secondary N) is 2. The molecule has 2 N–H and O–H groups in total. The van der Waals surface area contributed by atoms with Gasteiger partial charge in [0, 0.05) is 24.1 Å². The van der Waals surface area contributed by atoms with Gasteiger partial charge >= 0.3 is 0 Å². The van der Waals surface area contributed by atoms with E-state index in [4.69, 9.17) is 21.1 Å². The Morgan fingerprint density at radius 2 is 1.97 bits per heavy atom. The van der Waals surface area contributed by atoms with E-state index in [1.165, 1.54) is 0 Å². The van der Waals surface area contributed by atoms with Crippen LogP contribution in [-0.2, 0) is 17.8 Å². The number of aromatic amines is 1. The lowest BCUT2D eigenvalue weighted by Gasteiger charge is -2.07. The minimum atomic E-state index is -0.181. The number of hydrogen-bond donors (Lipinski definition) is 2. The van der Waals surface area contributed by atoms with Crippen molar-refractivity contribution in [2.75, 3.05) is 19.5 Å². The zero-order valence-electron chi connectivity index (χ0n) is 17.5. The highest BCUT2D eigenvalue weighted by atomic mass is 35.5. The number of methoxy groups -OCH3 is 2. The number of aryl methyl sites for hydroxylation is 1. The van der Waals surface area contributed by atoms with E-state index in [1.54, 1.807) is 26.4 Å². The van der Waals surface area contributed by atoms with Crippen molar-refractivity contribution in [1.29, 1.82) is 0 Å². The van der Waals surface area contributed by atoms with Crippen molar-refractivity contribution >= 4 is 34.2 Å². The molecule has 31 heavy (non-hydrogen) atoms. The fourth-order valence-corrected chi connectivity index (χ4v) is 3.91. The number of nitrogens with zero attached hydrogens (tertiary/aromatic N) is 2. The lowest BCUT2D eigenvalue weighted by atomic mass is 10.1. The second-order valence-corrected chi connectivity index (χ2v) is 7.47. The van der Waals surface area contributed by atoms with Gasteiger partial charge < -0.3 is 19.4 Å². The first kappa shape index (κ1) is 20.8. The van der Waals surface area contributed by atoms with E-state index in [0.717, 1.165) is 40.1 Å². The van der Waals surface area contributed by atoms with Gasteiger partial charge in [-0.3, -0.25) is 9.89 Å². The maximum Gasteiger partial charge on any atom is 0.229 e. The number of H-pyrrole nitrogens is 1. The lowest BCUT2D eigenvalue weighted by Crippen LogP contribution is -2.14. The molecule has 7 nitrogen and oxygen atoms in total. The second-order valence-electron chi connectivity index (χ2n) is 7.06. The minimum Gasteiger partial charge on any atom is -0.497 e. The van der Waals surface area contributed by atoms with Crippen LogP contribution in [0.4, 0.5) is 5.82 Å². The summed E-state index contributed by atoms with van der Waals surface area (Å²) < 4.78 is 12.7. The normalized spacial score (nSPS) is 11.0. The third-order valence-electron chi connectivity index (χ3n) is 5.13. The van der Waals surface area contributed by atoms with Crippen molar-refractivity contribution < 1.29 is 14.3 Å². The van der Waals surface area contributed by atoms with Crippen molar-refractivity contribution in [3.8, 4) is 22.9 Å². The van der Waals surface area contributed by atoms with Gasteiger partial charge in [-0.25, -0.2) is 0 Å². The maximum atomic E-state index is 12.5. The van der Waals surface area contributed by atoms with E-state index in [2.05, 4.69) is 33.1 Å². The third-order valence-corrected chi connectivity index (χ3v) is 5.43. The van der Waals surface area contributed by atoms with Crippen LogP contribution in [0, 0.1) is 0 Å². The molecule has 0 aliphatic heterocycles. The summed E-state index contributed by atoms with van der Waals surface area (Å²) in [5.74, 6) is 1.67. The molecular formula is C23H23ClN4O3. The highest BCUT2D eigenvalue weighted by molar-refractivity contribution is 6.32. The van der Waals surface area contributed by atoms with Crippen LogP contribution < -0.4 is 14.8 Å². The first-order valence-corrected chi connectivity index (χ1v) is 10.3. The number of benzene rings is 2. The number of amides is 1. The van der Waals surface area contributed by atoms with Crippen molar-refractivity contribution in [2.45, 2.75) is 19.9 Å². The molecular weight excluding hydrogens is 416 g/mol. The first-order valence-electron chi connectivity index (χ1n) is 9.87. The Morgan fingerprint density at radius 1 is 1.13 bits per heavy atom. The second kappa shape index (κ2) is 8.73. The number of ether oxygens (including phenoxy) is 2. The molecule has 4 rings (SSSR count). The van der Waals surface area contributed by atoms with Crippen LogP contribution in [0.3, 0.4) is 0 Å². The Kier molecular flexibility index (Phi) is 5.86. The molecule has 8 heteroatoms. The topological polar surface area (TPSA) is 81.2 Å². The van der Waals surface area contributed by atoms with Gasteiger partial charge in [0.15, 0.2) is 5.82 Å². The number of carbonyl (C=O) groups is 1. The predicted octanol–water partition coefficient (Wildman–Crippen LogP) is 4.90. The molecule has 0 atom stereocenters. The van der Waals surface area contributed by atoms with Crippen LogP contribution in [-0.4, -0.2) is 34.9 Å². The Labute approximate surface area is 184 Å². The molecule has 0 saturated carbocycles. The third kappa shape index (κ3) is 4.22. The number of aromatic nitrogens is 3. The number of rotatable bonds is 7. The molecule has 0 bridgehead atoms. The summed E-state index contributed by atoms with van der Waals surface area (Å²) >= 11 is 6.14. The number of carbonyl (C=O) groups excluding carboxylic acids is 1. The molecule has 0 saturated heterocycles. The van der Waals surface area contributed by atoms with Gasteiger partial charge in [-0.15, -0.1) is 0 Å². The van der Waals surface area contributed by atoms with Gasteiger partial charge in [0.2, 0.25) is 5.91 Å². The average Bonchev–Trinajstić information content (AvgIpc) is 3.37. The molecule has 0 aliphatic carbocycles. The molecule has 160 valence electrons. The standard InChI is InChI=1S/C23H23ClN4O3/c1-4-28-19-12-16(30-2)7-6-15(19)11-20(28)18-13-22(27-26-18)25-23(29)10-14-5-8-21(31-3)17(24)9-14/h5-9,11-13H,4,10H2,1-3H3,(H2,25,26,27,29). The van der Waals surface area contributed by atoms with Crippen LogP contribution in [0.5, 0.6) is 11.5 Å². The molecule has 0 fully saturated rings. The average molecular weight is 439 g/mol. The number of hydrogen-bond acceptors (Lipinski definition) is 4. The number of fused-ring (bicyclic) bond motifs is 1. The molecule has 0 spiro atoms. The van der Waals surface area contributed by atoms with Crippen LogP contribution in [0.15, 0.2) is 48.5 Å². The first-order chi connectivity index (χ1) is 15.0. The smallest absolute Gasteiger partial charge is 0.229 e. The summed E-state index contributed by atoms with van der Waals surface area (Å²) in [6, 6.07) is 15.2. The zero-order valence-corrected chi connectivity index (χ0v) is 18.3. The monoisotopic (exact) mass is 438 g/mol. The van der Waals surface area contributed by atoms with E-state index < -0.39 is 0 Å². The maximum absolute atomic E-state index is 12.5. The Morgan fingerprint density at radius 3 is 2.68 bits per heavy atom. The van der Waals surface area contributed by atoms with Gasteiger partial charge in [-0.05, 0) is 42.8 Å². The van der Waals surface area contributed by atoms with Crippen molar-refractivity contribution in [2.24, 2.45) is 0 Å². The fraction of sp³-hybridized carbons (Fsp3) is 0.217. The van der Waals surface area contributed by atoms with Crippen LogP contribution >= 0.6 is 11.6 Å². The van der Waals surface area contributed by atoms with Gasteiger partial charge in [0.05, 0.1) is 42.6 Å². The van der Waals surface area contributed by atoms with Gasteiger partial charge in [0.25, 0.3) is 0 Å². The Balaban J connectivity index is 1.53. The largest absolute Gasteiger partial charge is 0.497 e. The van der Waals surface area contributed by atoms with E-state index in [0.29, 0.717) is 16.6 Å². The number of anilines is 1. The Bertz CT molecular complexity index is 1250. The molecule has 2 heterocycles. The number of halogens is 1. The summed E-state index contributed by atoms with van der Waals surface area (Å²) in [6.07, 6.45) is 0.181. The van der Waals surface area contributed by atoms with Gasteiger partial charge in [0.1, 0.15) is 11.5 Å². The summed E-state index contributed by atoms with van der Waals surface area (Å²) in [6.45, 7) is 2.87. The van der Waals surface area contributed by atoms with E-state index in [-0.39, 0.29) is 12.3 Å². The summed E-state index contributed by atoms with van der Waals surface area (Å²) in [4.78, 5) is 12.5. The van der Waals surface area contributed by atoms with Gasteiger partial charge in [-0.1, -0.05) is 17.7 Å². The minimum absolute atomic E-state index is 0.181. The van der Waals surface area contributed by atoms with Crippen molar-refractivity contribution in [1.82, 2.24) is 14.8 Å². The SMILES string of the molecule is CCn1c(-c2cc(NC(=O)Cc3ccc(OC)c(Cl)c3)n[nH]2)cc2ccc(OC)cc21. The molecule has 0 radical (unpaired) electrons. The molecule has 0 unspecified atom stereocenters. The summed E-state index contributed by atoms with van der Waals surface area (Å²) in [5.41, 5.74) is 3.67. The molecule has 2 aromatic carbocycles. The zero-order chi connectivity index (χ0) is 22.0. The fourth-order valence-electron chi connectivity index (χ4n) is 3.63. The molecule has 4 aromatic rings. The molecule has 0 aliphatic rings. The van der Waals surface area contributed by atoms with E-state index in [1.807, 2.05) is 30.3 Å². The van der Waals surface area contributed by atoms with Crippen LogP contribution in [0.1, 0.15) is 12.5 Å².